The maximum atomic E-state index is 12.8. The molecule has 0 radical (unpaired) electrons. The van der Waals surface area contributed by atoms with Crippen LogP contribution in [0.4, 0.5) is 0 Å². The lowest BCUT2D eigenvalue weighted by atomic mass is 10.2. The maximum absolute atomic E-state index is 12.8. The van der Waals surface area contributed by atoms with Gasteiger partial charge in [-0.1, -0.05) is 23.7 Å². The molecule has 3 heterocycles. The number of aromatic nitrogens is 2. The highest BCUT2D eigenvalue weighted by Crippen LogP contribution is 2.20. The average Bonchev–Trinajstić information content (AvgIpc) is 3.39. The van der Waals surface area contributed by atoms with Crippen LogP contribution in [0.3, 0.4) is 0 Å². The van der Waals surface area contributed by atoms with Crippen LogP contribution in [0.25, 0.3) is 5.69 Å². The molecule has 7 nitrogen and oxygen atoms in total. The topological polar surface area (TPSA) is 67.7 Å². The molecular weight excluding hydrogens is 368 g/mol. The van der Waals surface area contributed by atoms with Crippen LogP contribution in [0.5, 0.6) is 0 Å². The second-order valence-electron chi connectivity index (χ2n) is 6.72. The van der Waals surface area contributed by atoms with Crippen molar-refractivity contribution in [3.8, 4) is 5.69 Å². The van der Waals surface area contributed by atoms with Gasteiger partial charge in [0.05, 0.1) is 10.7 Å². The number of piperazine rings is 1. The molecule has 2 aromatic rings. The second-order valence-corrected chi connectivity index (χ2v) is 7.12. The smallest absolute Gasteiger partial charge is 0.274 e. The average molecular weight is 389 g/mol. The molecule has 8 heteroatoms. The largest absolute Gasteiger partial charge is 0.368 e. The third kappa shape index (κ3) is 3.70. The van der Waals surface area contributed by atoms with Gasteiger partial charge in [-0.15, -0.1) is 0 Å². The molecule has 2 aliphatic heterocycles. The molecule has 142 valence electrons. The monoisotopic (exact) mass is 388 g/mol. The number of ether oxygens (including phenoxy) is 1. The van der Waals surface area contributed by atoms with Crippen LogP contribution in [0.15, 0.2) is 36.5 Å². The summed E-state index contributed by atoms with van der Waals surface area (Å²) < 4.78 is 7.07. The Morgan fingerprint density at radius 2 is 1.81 bits per heavy atom. The molecule has 0 N–H and O–H groups in total. The van der Waals surface area contributed by atoms with Gasteiger partial charge >= 0.3 is 0 Å². The SMILES string of the molecule is O=C(c1ccn(-c2ccccc2Cl)n1)N1CCN(C(=O)C2CCCO2)CC1. The molecule has 2 amide bonds. The van der Waals surface area contributed by atoms with Crippen LogP contribution in [0.2, 0.25) is 5.02 Å². The molecule has 1 unspecified atom stereocenters. The number of hydrogen-bond acceptors (Lipinski definition) is 4. The van der Waals surface area contributed by atoms with Crippen LogP contribution in [-0.4, -0.2) is 70.3 Å². The highest BCUT2D eigenvalue weighted by molar-refractivity contribution is 6.32. The predicted octanol–water partition coefficient (Wildman–Crippen LogP) is 1.99. The lowest BCUT2D eigenvalue weighted by Gasteiger charge is -2.35. The Bertz CT molecular complexity index is 839. The first-order valence-electron chi connectivity index (χ1n) is 9.14. The van der Waals surface area contributed by atoms with E-state index in [1.165, 1.54) is 0 Å². The quantitative estimate of drug-likeness (QED) is 0.806. The van der Waals surface area contributed by atoms with Gasteiger partial charge in [0.2, 0.25) is 0 Å². The van der Waals surface area contributed by atoms with Crippen molar-refractivity contribution in [2.75, 3.05) is 32.8 Å². The van der Waals surface area contributed by atoms with Crippen molar-refractivity contribution in [1.29, 1.82) is 0 Å². The molecule has 2 fully saturated rings. The minimum Gasteiger partial charge on any atom is -0.368 e. The number of amides is 2. The molecular formula is C19H21ClN4O3. The zero-order valence-corrected chi connectivity index (χ0v) is 15.6. The Hall–Kier alpha value is -2.38. The summed E-state index contributed by atoms with van der Waals surface area (Å²) in [4.78, 5) is 28.7. The first kappa shape index (κ1) is 18.0. The molecule has 1 atom stereocenters. The van der Waals surface area contributed by atoms with Crippen LogP contribution in [-0.2, 0) is 9.53 Å². The molecule has 1 aromatic heterocycles. The molecule has 4 rings (SSSR count). The summed E-state index contributed by atoms with van der Waals surface area (Å²) in [6, 6.07) is 9.03. The number of benzene rings is 1. The van der Waals surface area contributed by atoms with Gasteiger partial charge in [-0.3, -0.25) is 9.59 Å². The summed E-state index contributed by atoms with van der Waals surface area (Å²) >= 11 is 6.19. The Kier molecular flexibility index (Phi) is 5.13. The van der Waals surface area contributed by atoms with Gasteiger partial charge < -0.3 is 14.5 Å². The van der Waals surface area contributed by atoms with Crippen molar-refractivity contribution in [2.45, 2.75) is 18.9 Å². The van der Waals surface area contributed by atoms with E-state index in [1.54, 1.807) is 32.8 Å². The van der Waals surface area contributed by atoms with Gasteiger partial charge in [-0.2, -0.15) is 5.10 Å². The first-order valence-corrected chi connectivity index (χ1v) is 9.51. The predicted molar refractivity (Wildman–Crippen MR) is 100 cm³/mol. The van der Waals surface area contributed by atoms with E-state index >= 15 is 0 Å². The Balaban J connectivity index is 1.38. The molecule has 27 heavy (non-hydrogen) atoms. The summed E-state index contributed by atoms with van der Waals surface area (Å²) in [7, 11) is 0. The minimum atomic E-state index is -0.307. The van der Waals surface area contributed by atoms with Crippen LogP contribution >= 0.6 is 11.6 Å². The van der Waals surface area contributed by atoms with Crippen LogP contribution < -0.4 is 0 Å². The van der Waals surface area contributed by atoms with E-state index in [0.29, 0.717) is 43.5 Å². The molecule has 0 bridgehead atoms. The molecule has 2 aliphatic rings. The van der Waals surface area contributed by atoms with Gasteiger partial charge in [-0.05, 0) is 31.0 Å². The zero-order chi connectivity index (χ0) is 18.8. The van der Waals surface area contributed by atoms with Gasteiger partial charge in [0.25, 0.3) is 11.8 Å². The van der Waals surface area contributed by atoms with E-state index in [1.807, 2.05) is 18.2 Å². The molecule has 1 aromatic carbocycles. The molecule has 2 saturated heterocycles. The Morgan fingerprint density at radius 3 is 2.52 bits per heavy atom. The van der Waals surface area contributed by atoms with E-state index in [4.69, 9.17) is 16.3 Å². The fourth-order valence-electron chi connectivity index (χ4n) is 3.48. The summed E-state index contributed by atoms with van der Waals surface area (Å²) in [5.74, 6) is -0.0902. The fraction of sp³-hybridized carbons (Fsp3) is 0.421. The minimum absolute atomic E-state index is 0.0441. The van der Waals surface area contributed by atoms with E-state index in [0.717, 1.165) is 18.5 Å². The van der Waals surface area contributed by atoms with Gasteiger partial charge in [0.15, 0.2) is 5.69 Å². The van der Waals surface area contributed by atoms with E-state index < -0.39 is 0 Å². The third-order valence-electron chi connectivity index (χ3n) is 4.99. The van der Waals surface area contributed by atoms with E-state index in [-0.39, 0.29) is 17.9 Å². The Labute approximate surface area is 162 Å². The van der Waals surface area contributed by atoms with Crippen molar-refractivity contribution in [3.05, 3.63) is 47.2 Å². The molecule has 0 saturated carbocycles. The van der Waals surface area contributed by atoms with Crippen molar-refractivity contribution in [3.63, 3.8) is 0 Å². The Morgan fingerprint density at radius 1 is 1.07 bits per heavy atom. The van der Waals surface area contributed by atoms with Gasteiger partial charge in [0.1, 0.15) is 6.10 Å². The van der Waals surface area contributed by atoms with Crippen molar-refractivity contribution in [1.82, 2.24) is 19.6 Å². The van der Waals surface area contributed by atoms with Crippen molar-refractivity contribution < 1.29 is 14.3 Å². The van der Waals surface area contributed by atoms with Crippen LogP contribution in [0, 0.1) is 0 Å². The highest BCUT2D eigenvalue weighted by Gasteiger charge is 2.31. The highest BCUT2D eigenvalue weighted by atomic mass is 35.5. The number of carbonyl (C=O) groups is 2. The molecule has 0 spiro atoms. The second kappa shape index (κ2) is 7.70. The maximum Gasteiger partial charge on any atom is 0.274 e. The van der Waals surface area contributed by atoms with E-state index in [2.05, 4.69) is 5.10 Å². The molecule has 0 aliphatic carbocycles. The van der Waals surface area contributed by atoms with E-state index in [9.17, 15) is 9.59 Å². The number of carbonyl (C=O) groups excluding carboxylic acids is 2. The number of rotatable bonds is 3. The number of hydrogen-bond donors (Lipinski definition) is 0. The first-order chi connectivity index (χ1) is 13.1. The van der Waals surface area contributed by atoms with Gasteiger partial charge in [0, 0.05) is 39.0 Å². The lowest BCUT2D eigenvalue weighted by molar-refractivity contribution is -0.142. The standard InChI is InChI=1S/C19H21ClN4O3/c20-14-4-1-2-5-16(14)24-8-7-15(21-24)18(25)22-9-11-23(12-10-22)19(26)17-6-3-13-27-17/h1-2,4-5,7-8,17H,3,6,9-13H2. The van der Waals surface area contributed by atoms with Crippen LogP contribution in [0.1, 0.15) is 23.3 Å². The summed E-state index contributed by atoms with van der Waals surface area (Å²) in [5.41, 5.74) is 1.10. The number of nitrogens with zero attached hydrogens (tertiary/aromatic N) is 4. The normalized spacial score (nSPS) is 20.1. The summed E-state index contributed by atoms with van der Waals surface area (Å²) in [6.07, 6.45) is 3.14. The lowest BCUT2D eigenvalue weighted by Crippen LogP contribution is -2.52. The third-order valence-corrected chi connectivity index (χ3v) is 5.31. The van der Waals surface area contributed by atoms with Crippen molar-refractivity contribution in [2.24, 2.45) is 0 Å². The summed E-state index contributed by atoms with van der Waals surface area (Å²) in [5, 5.41) is 4.94. The number of halogens is 1. The van der Waals surface area contributed by atoms with Crippen molar-refractivity contribution >= 4 is 23.4 Å². The number of para-hydroxylation sites is 1. The zero-order valence-electron chi connectivity index (χ0n) is 14.9. The fourth-order valence-corrected chi connectivity index (χ4v) is 3.70. The summed E-state index contributed by atoms with van der Waals surface area (Å²) in [6.45, 7) is 2.70. The van der Waals surface area contributed by atoms with Gasteiger partial charge in [-0.25, -0.2) is 4.68 Å².